The van der Waals surface area contributed by atoms with Crippen LogP contribution in [0.25, 0.3) is 0 Å². The monoisotopic (exact) mass is 278 g/mol. The highest BCUT2D eigenvalue weighted by molar-refractivity contribution is 7.88. The number of rotatable bonds is 4. The van der Waals surface area contributed by atoms with Gasteiger partial charge in [-0.2, -0.15) is 4.31 Å². The number of ether oxygens (including phenoxy) is 2. The smallest absolute Gasteiger partial charge is 0.211 e. The van der Waals surface area contributed by atoms with Crippen molar-refractivity contribution in [2.75, 3.05) is 52.2 Å². The largest absolute Gasteiger partial charge is 0.353 e. The van der Waals surface area contributed by atoms with E-state index in [1.54, 1.807) is 0 Å². The highest BCUT2D eigenvalue weighted by Crippen LogP contribution is 2.11. The summed E-state index contributed by atoms with van der Waals surface area (Å²) in [6, 6.07) is 0. The molecule has 2 saturated heterocycles. The fourth-order valence-electron chi connectivity index (χ4n) is 2.28. The zero-order valence-electron chi connectivity index (χ0n) is 10.9. The van der Waals surface area contributed by atoms with Gasteiger partial charge in [-0.3, -0.25) is 0 Å². The fourth-order valence-corrected chi connectivity index (χ4v) is 3.10. The van der Waals surface area contributed by atoms with Crippen LogP contribution in [0, 0.1) is 0 Å². The molecule has 0 saturated carbocycles. The van der Waals surface area contributed by atoms with Crippen LogP contribution in [0.15, 0.2) is 0 Å². The lowest BCUT2D eigenvalue weighted by molar-refractivity contribution is -0.182. The molecule has 0 aromatic heterocycles. The summed E-state index contributed by atoms with van der Waals surface area (Å²) in [5.41, 5.74) is 0. The van der Waals surface area contributed by atoms with Crippen LogP contribution in [0.4, 0.5) is 0 Å². The molecule has 0 radical (unpaired) electrons. The van der Waals surface area contributed by atoms with E-state index >= 15 is 0 Å². The molecule has 0 aromatic carbocycles. The molecule has 2 heterocycles. The second-order valence-corrected chi connectivity index (χ2v) is 6.80. The summed E-state index contributed by atoms with van der Waals surface area (Å²) >= 11 is 0. The zero-order chi connectivity index (χ0) is 13.0. The molecule has 2 aliphatic heterocycles. The van der Waals surface area contributed by atoms with Crippen LogP contribution in [-0.4, -0.2) is 76.1 Å². The topological polar surface area (TPSA) is 59.1 Å². The van der Waals surface area contributed by atoms with E-state index in [1.807, 2.05) is 0 Å². The van der Waals surface area contributed by atoms with Gasteiger partial charge in [0.15, 0.2) is 6.29 Å². The van der Waals surface area contributed by atoms with Crippen molar-refractivity contribution in [2.45, 2.75) is 19.1 Å². The van der Waals surface area contributed by atoms with Gasteiger partial charge in [-0.05, 0) is 6.42 Å². The molecule has 0 aliphatic carbocycles. The van der Waals surface area contributed by atoms with Gasteiger partial charge in [-0.1, -0.05) is 0 Å². The number of sulfonamides is 1. The van der Waals surface area contributed by atoms with Crippen LogP contribution in [-0.2, 0) is 19.5 Å². The van der Waals surface area contributed by atoms with Crippen molar-refractivity contribution in [1.82, 2.24) is 9.21 Å². The molecular formula is C11H22N2O4S. The van der Waals surface area contributed by atoms with Crippen molar-refractivity contribution in [3.05, 3.63) is 0 Å². The minimum absolute atomic E-state index is 0.0771. The SMILES string of the molecule is CS(=O)(=O)N1CCN(CCC2OCCCO2)CC1. The van der Waals surface area contributed by atoms with Gasteiger partial charge in [0.25, 0.3) is 0 Å². The van der Waals surface area contributed by atoms with E-state index in [4.69, 9.17) is 9.47 Å². The van der Waals surface area contributed by atoms with Gasteiger partial charge in [-0.25, -0.2) is 8.42 Å². The standard InChI is InChI=1S/C11H22N2O4S/c1-18(14,15)13-7-5-12(6-8-13)4-3-11-16-9-2-10-17-11/h11H,2-10H2,1H3. The fraction of sp³-hybridized carbons (Fsp3) is 1.00. The summed E-state index contributed by atoms with van der Waals surface area (Å²) < 4.78 is 35.2. The highest BCUT2D eigenvalue weighted by atomic mass is 32.2. The molecule has 0 aromatic rings. The molecule has 0 N–H and O–H groups in total. The summed E-state index contributed by atoms with van der Waals surface area (Å²) in [6.45, 7) is 5.23. The highest BCUT2D eigenvalue weighted by Gasteiger charge is 2.24. The van der Waals surface area contributed by atoms with Crippen molar-refractivity contribution < 1.29 is 17.9 Å². The van der Waals surface area contributed by atoms with Crippen molar-refractivity contribution in [2.24, 2.45) is 0 Å². The lowest BCUT2D eigenvalue weighted by Crippen LogP contribution is -2.49. The van der Waals surface area contributed by atoms with Crippen molar-refractivity contribution >= 4 is 10.0 Å². The molecule has 6 nitrogen and oxygen atoms in total. The number of hydrogen-bond acceptors (Lipinski definition) is 5. The molecule has 0 atom stereocenters. The van der Waals surface area contributed by atoms with Gasteiger partial charge < -0.3 is 14.4 Å². The third-order valence-corrected chi connectivity index (χ3v) is 4.68. The Labute approximate surface area is 109 Å². The molecule has 0 amide bonds. The predicted octanol–water partition coefficient (Wildman–Crippen LogP) is -0.283. The van der Waals surface area contributed by atoms with Crippen LogP contribution in [0.1, 0.15) is 12.8 Å². The molecule has 2 aliphatic rings. The number of piperazine rings is 1. The summed E-state index contributed by atoms with van der Waals surface area (Å²) in [7, 11) is -3.03. The first-order valence-corrected chi connectivity index (χ1v) is 8.31. The Kier molecular flexibility index (Phi) is 4.97. The number of hydrogen-bond donors (Lipinski definition) is 0. The van der Waals surface area contributed by atoms with Crippen LogP contribution < -0.4 is 0 Å². The van der Waals surface area contributed by atoms with Crippen LogP contribution >= 0.6 is 0 Å². The number of nitrogens with zero attached hydrogens (tertiary/aromatic N) is 2. The quantitative estimate of drug-likeness (QED) is 0.708. The molecule has 106 valence electrons. The van der Waals surface area contributed by atoms with Gasteiger partial charge in [0.1, 0.15) is 0 Å². The van der Waals surface area contributed by atoms with E-state index in [2.05, 4.69) is 4.90 Å². The maximum Gasteiger partial charge on any atom is 0.211 e. The van der Waals surface area contributed by atoms with Gasteiger partial charge in [0.2, 0.25) is 10.0 Å². The van der Waals surface area contributed by atoms with Gasteiger partial charge in [-0.15, -0.1) is 0 Å². The van der Waals surface area contributed by atoms with Gasteiger partial charge in [0, 0.05) is 39.1 Å². The van der Waals surface area contributed by atoms with Gasteiger partial charge >= 0.3 is 0 Å². The normalized spacial score (nSPS) is 25.4. The van der Waals surface area contributed by atoms with E-state index in [-0.39, 0.29) is 6.29 Å². The summed E-state index contributed by atoms with van der Waals surface area (Å²) in [5, 5.41) is 0. The second kappa shape index (κ2) is 6.29. The van der Waals surface area contributed by atoms with Crippen LogP contribution in [0.3, 0.4) is 0 Å². The first-order valence-electron chi connectivity index (χ1n) is 6.46. The Morgan fingerprint density at radius 1 is 1.11 bits per heavy atom. The van der Waals surface area contributed by atoms with E-state index in [1.165, 1.54) is 10.6 Å². The van der Waals surface area contributed by atoms with Gasteiger partial charge in [0.05, 0.1) is 19.5 Å². The molecule has 0 bridgehead atoms. The van der Waals surface area contributed by atoms with E-state index in [0.717, 1.165) is 45.7 Å². The molecule has 2 fully saturated rings. The third kappa shape index (κ3) is 4.17. The minimum Gasteiger partial charge on any atom is -0.353 e. The first-order chi connectivity index (χ1) is 8.55. The minimum atomic E-state index is -3.03. The zero-order valence-corrected chi connectivity index (χ0v) is 11.7. The third-order valence-electron chi connectivity index (χ3n) is 3.38. The Morgan fingerprint density at radius 3 is 2.28 bits per heavy atom. The Balaban J connectivity index is 1.67. The molecule has 2 rings (SSSR count). The Morgan fingerprint density at radius 2 is 1.72 bits per heavy atom. The lowest BCUT2D eigenvalue weighted by Gasteiger charge is -2.34. The predicted molar refractivity (Wildman–Crippen MR) is 67.8 cm³/mol. The summed E-state index contributed by atoms with van der Waals surface area (Å²) in [6.07, 6.45) is 3.03. The van der Waals surface area contributed by atoms with E-state index in [0.29, 0.717) is 13.1 Å². The van der Waals surface area contributed by atoms with Crippen molar-refractivity contribution in [3.8, 4) is 0 Å². The van der Waals surface area contributed by atoms with Crippen LogP contribution in [0.5, 0.6) is 0 Å². The first kappa shape index (κ1) is 14.2. The van der Waals surface area contributed by atoms with E-state index in [9.17, 15) is 8.42 Å². The molecule has 7 heteroatoms. The Bertz CT molecular complexity index is 346. The summed E-state index contributed by atoms with van der Waals surface area (Å²) in [5.74, 6) is 0. The molecule has 0 spiro atoms. The second-order valence-electron chi connectivity index (χ2n) is 4.82. The average molecular weight is 278 g/mol. The molecule has 0 unspecified atom stereocenters. The Hall–Kier alpha value is -0.210. The maximum absolute atomic E-state index is 11.4. The van der Waals surface area contributed by atoms with Crippen molar-refractivity contribution in [3.63, 3.8) is 0 Å². The molecular weight excluding hydrogens is 256 g/mol. The van der Waals surface area contributed by atoms with Crippen molar-refractivity contribution in [1.29, 1.82) is 0 Å². The average Bonchev–Trinajstić information content (AvgIpc) is 2.37. The lowest BCUT2D eigenvalue weighted by atomic mass is 10.3. The maximum atomic E-state index is 11.4. The molecule has 18 heavy (non-hydrogen) atoms. The van der Waals surface area contributed by atoms with E-state index < -0.39 is 10.0 Å². The van der Waals surface area contributed by atoms with Crippen LogP contribution in [0.2, 0.25) is 0 Å². The summed E-state index contributed by atoms with van der Waals surface area (Å²) in [4.78, 5) is 2.27.